The molecule has 0 radical (unpaired) electrons. The average Bonchev–Trinajstić information content (AvgIpc) is 2.82. The van der Waals surface area contributed by atoms with Crippen molar-refractivity contribution in [2.45, 2.75) is 32.4 Å². The smallest absolute Gasteiger partial charge is 0.183 e. The zero-order chi connectivity index (χ0) is 12.7. The number of fused-ring (bicyclic) bond motifs is 1. The van der Waals surface area contributed by atoms with Crippen molar-refractivity contribution in [2.24, 2.45) is 5.73 Å². The van der Waals surface area contributed by atoms with Crippen LogP contribution in [-0.4, -0.2) is 11.0 Å². The van der Waals surface area contributed by atoms with E-state index in [1.54, 1.807) is 11.3 Å². The highest BCUT2D eigenvalue weighted by atomic mass is 32.1. The molecule has 3 nitrogen and oxygen atoms in total. The molecule has 18 heavy (non-hydrogen) atoms. The lowest BCUT2D eigenvalue weighted by molar-refractivity contribution is 0.625. The lowest BCUT2D eigenvalue weighted by Crippen LogP contribution is -2.29. The maximum Gasteiger partial charge on any atom is 0.183 e. The Morgan fingerprint density at radius 1 is 1.33 bits per heavy atom. The maximum atomic E-state index is 6.24. The van der Waals surface area contributed by atoms with E-state index in [9.17, 15) is 0 Å². The Balaban J connectivity index is 1.89. The number of nitrogens with zero attached hydrogens (tertiary/aromatic N) is 1. The fraction of sp³-hybridized carbons (Fsp3) is 0.357. The molecule has 1 aromatic carbocycles. The lowest BCUT2D eigenvalue weighted by Gasteiger charge is -2.17. The summed E-state index contributed by atoms with van der Waals surface area (Å²) in [5.74, 6) is 0. The van der Waals surface area contributed by atoms with Gasteiger partial charge in [0.1, 0.15) is 0 Å². The first kappa shape index (κ1) is 11.7. The molecule has 2 unspecified atom stereocenters. The van der Waals surface area contributed by atoms with E-state index < -0.39 is 0 Å². The molecule has 2 aromatic rings. The molecule has 1 aromatic heterocycles. The number of rotatable bonds is 2. The van der Waals surface area contributed by atoms with E-state index >= 15 is 0 Å². The summed E-state index contributed by atoms with van der Waals surface area (Å²) in [6.45, 7) is 4.14. The Kier molecular flexibility index (Phi) is 2.84. The molecule has 0 saturated heterocycles. The summed E-state index contributed by atoms with van der Waals surface area (Å²) in [4.78, 5) is 5.79. The van der Waals surface area contributed by atoms with Crippen LogP contribution in [0.4, 0.5) is 5.13 Å². The van der Waals surface area contributed by atoms with Gasteiger partial charge in [-0.1, -0.05) is 24.3 Å². The van der Waals surface area contributed by atoms with Crippen LogP contribution in [0.3, 0.4) is 0 Å². The van der Waals surface area contributed by atoms with Gasteiger partial charge in [-0.3, -0.25) is 0 Å². The molecule has 0 aliphatic heterocycles. The summed E-state index contributed by atoms with van der Waals surface area (Å²) < 4.78 is 0. The summed E-state index contributed by atoms with van der Waals surface area (Å²) in [5, 5.41) is 4.47. The van der Waals surface area contributed by atoms with E-state index in [2.05, 4.69) is 41.5 Å². The minimum Gasteiger partial charge on any atom is -0.353 e. The highest BCUT2D eigenvalue weighted by Gasteiger charge is 2.29. The molecule has 0 spiro atoms. The number of aromatic nitrogens is 1. The van der Waals surface area contributed by atoms with E-state index in [1.165, 1.54) is 16.0 Å². The van der Waals surface area contributed by atoms with Gasteiger partial charge in [0.2, 0.25) is 0 Å². The molecular formula is C14H17N3S. The van der Waals surface area contributed by atoms with Gasteiger partial charge in [-0.15, -0.1) is 11.3 Å². The van der Waals surface area contributed by atoms with Crippen molar-refractivity contribution in [1.82, 2.24) is 4.98 Å². The summed E-state index contributed by atoms with van der Waals surface area (Å²) >= 11 is 1.70. The van der Waals surface area contributed by atoms with Gasteiger partial charge in [0.15, 0.2) is 5.13 Å². The summed E-state index contributed by atoms with van der Waals surface area (Å²) in [5.41, 5.74) is 10.0. The van der Waals surface area contributed by atoms with Crippen molar-refractivity contribution in [1.29, 1.82) is 0 Å². The van der Waals surface area contributed by atoms with Gasteiger partial charge in [-0.25, -0.2) is 4.98 Å². The monoisotopic (exact) mass is 259 g/mol. The van der Waals surface area contributed by atoms with Gasteiger partial charge < -0.3 is 11.1 Å². The third kappa shape index (κ3) is 1.91. The third-order valence-corrected chi connectivity index (χ3v) is 4.59. The van der Waals surface area contributed by atoms with Gasteiger partial charge in [0.05, 0.1) is 11.7 Å². The Labute approximate surface area is 111 Å². The van der Waals surface area contributed by atoms with E-state index in [-0.39, 0.29) is 12.1 Å². The molecule has 3 rings (SSSR count). The lowest BCUT2D eigenvalue weighted by atomic mass is 10.1. The molecule has 0 bridgehead atoms. The molecule has 0 saturated carbocycles. The van der Waals surface area contributed by atoms with Crippen LogP contribution in [0.1, 0.15) is 27.7 Å². The van der Waals surface area contributed by atoms with Crippen LogP contribution in [0.25, 0.3) is 0 Å². The van der Waals surface area contributed by atoms with Crippen molar-refractivity contribution >= 4 is 16.5 Å². The minimum absolute atomic E-state index is 0.131. The molecule has 94 valence electrons. The first-order valence-corrected chi connectivity index (χ1v) is 7.01. The Bertz CT molecular complexity index is 557. The quantitative estimate of drug-likeness (QED) is 0.872. The molecule has 0 fully saturated rings. The molecule has 1 aliphatic carbocycles. The van der Waals surface area contributed by atoms with Gasteiger partial charge in [-0.05, 0) is 31.4 Å². The van der Waals surface area contributed by atoms with Crippen LogP contribution in [0.2, 0.25) is 0 Å². The van der Waals surface area contributed by atoms with Gasteiger partial charge in [0.25, 0.3) is 0 Å². The molecule has 3 N–H and O–H groups in total. The largest absolute Gasteiger partial charge is 0.353 e. The van der Waals surface area contributed by atoms with Gasteiger partial charge in [0, 0.05) is 10.9 Å². The maximum absolute atomic E-state index is 6.24. The molecule has 1 heterocycles. The summed E-state index contributed by atoms with van der Waals surface area (Å²) in [6, 6.07) is 8.79. The second-order valence-electron chi connectivity index (χ2n) is 4.85. The summed E-state index contributed by atoms with van der Waals surface area (Å²) in [7, 11) is 0. The topological polar surface area (TPSA) is 50.9 Å². The molecular weight excluding hydrogens is 242 g/mol. The predicted octanol–water partition coefficient (Wildman–Crippen LogP) is 2.80. The number of benzene rings is 1. The predicted molar refractivity (Wildman–Crippen MR) is 76.1 cm³/mol. The molecule has 1 aliphatic rings. The van der Waals surface area contributed by atoms with Crippen LogP contribution in [0.5, 0.6) is 0 Å². The minimum atomic E-state index is 0.131. The highest BCUT2D eigenvalue weighted by Crippen LogP contribution is 2.34. The number of nitrogens with one attached hydrogen (secondary N) is 1. The van der Waals surface area contributed by atoms with Gasteiger partial charge >= 0.3 is 0 Å². The molecule has 0 amide bonds. The molecule has 4 heteroatoms. The van der Waals surface area contributed by atoms with E-state index in [1.807, 2.05) is 6.92 Å². The van der Waals surface area contributed by atoms with Crippen molar-refractivity contribution in [3.63, 3.8) is 0 Å². The zero-order valence-electron chi connectivity index (χ0n) is 10.6. The number of aryl methyl sites for hydroxylation is 2. The number of nitrogens with two attached hydrogens (primary N) is 1. The number of anilines is 1. The van der Waals surface area contributed by atoms with Crippen LogP contribution >= 0.6 is 11.3 Å². The van der Waals surface area contributed by atoms with E-state index in [0.29, 0.717) is 0 Å². The summed E-state index contributed by atoms with van der Waals surface area (Å²) in [6.07, 6.45) is 0.942. The van der Waals surface area contributed by atoms with Crippen LogP contribution < -0.4 is 11.1 Å². The third-order valence-electron chi connectivity index (χ3n) is 3.58. The van der Waals surface area contributed by atoms with Gasteiger partial charge in [-0.2, -0.15) is 0 Å². The fourth-order valence-corrected chi connectivity index (χ4v) is 3.33. The van der Waals surface area contributed by atoms with Crippen molar-refractivity contribution in [2.75, 3.05) is 5.32 Å². The van der Waals surface area contributed by atoms with Crippen LogP contribution in [0, 0.1) is 13.8 Å². The zero-order valence-corrected chi connectivity index (χ0v) is 11.4. The van der Waals surface area contributed by atoms with Crippen LogP contribution in [-0.2, 0) is 6.42 Å². The van der Waals surface area contributed by atoms with E-state index in [4.69, 9.17) is 5.73 Å². The Morgan fingerprint density at radius 2 is 2.11 bits per heavy atom. The first-order valence-electron chi connectivity index (χ1n) is 6.19. The second-order valence-corrected chi connectivity index (χ2v) is 6.05. The van der Waals surface area contributed by atoms with Crippen LogP contribution in [0.15, 0.2) is 24.3 Å². The Hall–Kier alpha value is -1.39. The van der Waals surface area contributed by atoms with Crippen molar-refractivity contribution < 1.29 is 0 Å². The number of hydrogen-bond donors (Lipinski definition) is 2. The SMILES string of the molecule is Cc1nc(NC2c3ccccc3CC2N)sc1C. The average molecular weight is 259 g/mol. The van der Waals surface area contributed by atoms with Crippen molar-refractivity contribution in [3.05, 3.63) is 46.0 Å². The standard InChI is InChI=1S/C14H17N3S/c1-8-9(2)18-14(16-8)17-13-11-6-4-3-5-10(11)7-12(13)15/h3-6,12-13H,7,15H2,1-2H3,(H,16,17). The normalized spacial score (nSPS) is 21.9. The highest BCUT2D eigenvalue weighted by molar-refractivity contribution is 7.15. The first-order chi connectivity index (χ1) is 8.65. The number of hydrogen-bond acceptors (Lipinski definition) is 4. The Morgan fingerprint density at radius 3 is 2.83 bits per heavy atom. The van der Waals surface area contributed by atoms with E-state index in [0.717, 1.165) is 17.2 Å². The van der Waals surface area contributed by atoms with Crippen molar-refractivity contribution in [3.8, 4) is 0 Å². The second kappa shape index (κ2) is 4.37. The fourth-order valence-electron chi connectivity index (χ4n) is 2.48. The molecule has 2 atom stereocenters. The number of thiazole rings is 1.